The van der Waals surface area contributed by atoms with Gasteiger partial charge in [-0.05, 0) is 19.4 Å². The van der Waals surface area contributed by atoms with Crippen molar-refractivity contribution in [1.29, 1.82) is 0 Å². The SMILES string of the molecule is CCOc1ncccc1C(N)CCO. The van der Waals surface area contributed by atoms with E-state index in [1.807, 2.05) is 19.1 Å². The van der Waals surface area contributed by atoms with Gasteiger partial charge in [0.2, 0.25) is 5.88 Å². The maximum Gasteiger partial charge on any atom is 0.218 e. The molecule has 3 N–H and O–H groups in total. The van der Waals surface area contributed by atoms with Crippen LogP contribution in [-0.4, -0.2) is 23.3 Å². The third-order valence-electron chi connectivity index (χ3n) is 1.92. The van der Waals surface area contributed by atoms with Gasteiger partial charge in [-0.25, -0.2) is 4.98 Å². The molecule has 1 aromatic rings. The molecule has 4 heteroatoms. The first kappa shape index (κ1) is 10.9. The minimum Gasteiger partial charge on any atom is -0.478 e. The number of aromatic nitrogens is 1. The van der Waals surface area contributed by atoms with Crippen LogP contribution in [0.3, 0.4) is 0 Å². The van der Waals surface area contributed by atoms with Gasteiger partial charge in [-0.1, -0.05) is 6.07 Å². The summed E-state index contributed by atoms with van der Waals surface area (Å²) < 4.78 is 5.33. The maximum absolute atomic E-state index is 8.78. The Labute approximate surface area is 83.7 Å². The highest BCUT2D eigenvalue weighted by Crippen LogP contribution is 2.22. The second kappa shape index (κ2) is 5.57. The monoisotopic (exact) mass is 196 g/mol. The molecule has 0 saturated heterocycles. The number of aliphatic hydroxyl groups excluding tert-OH is 1. The van der Waals surface area contributed by atoms with Crippen LogP contribution in [0.2, 0.25) is 0 Å². The molecule has 0 amide bonds. The molecule has 78 valence electrons. The van der Waals surface area contributed by atoms with Crippen LogP contribution in [0.1, 0.15) is 24.9 Å². The fourth-order valence-electron chi connectivity index (χ4n) is 1.24. The van der Waals surface area contributed by atoms with Crippen LogP contribution in [0.5, 0.6) is 5.88 Å². The summed E-state index contributed by atoms with van der Waals surface area (Å²) in [4.78, 5) is 4.09. The first-order valence-corrected chi connectivity index (χ1v) is 4.73. The number of hydrogen-bond donors (Lipinski definition) is 2. The van der Waals surface area contributed by atoms with Gasteiger partial charge in [0.15, 0.2) is 0 Å². The van der Waals surface area contributed by atoms with E-state index in [1.165, 1.54) is 0 Å². The second-order valence-corrected chi connectivity index (χ2v) is 2.95. The molecule has 0 spiro atoms. The topological polar surface area (TPSA) is 68.4 Å². The zero-order valence-electron chi connectivity index (χ0n) is 8.31. The number of hydrogen-bond acceptors (Lipinski definition) is 4. The molecule has 0 aliphatic rings. The van der Waals surface area contributed by atoms with E-state index in [0.29, 0.717) is 18.9 Å². The molecular formula is C10H16N2O2. The molecule has 0 saturated carbocycles. The van der Waals surface area contributed by atoms with Gasteiger partial charge in [-0.3, -0.25) is 0 Å². The highest BCUT2D eigenvalue weighted by Gasteiger charge is 2.11. The van der Waals surface area contributed by atoms with E-state index < -0.39 is 0 Å². The first-order chi connectivity index (χ1) is 6.79. The zero-order chi connectivity index (χ0) is 10.4. The van der Waals surface area contributed by atoms with Crippen molar-refractivity contribution in [3.63, 3.8) is 0 Å². The van der Waals surface area contributed by atoms with E-state index >= 15 is 0 Å². The van der Waals surface area contributed by atoms with Crippen molar-refractivity contribution in [1.82, 2.24) is 4.98 Å². The quantitative estimate of drug-likeness (QED) is 0.733. The lowest BCUT2D eigenvalue weighted by molar-refractivity contribution is 0.272. The number of pyridine rings is 1. The molecule has 1 atom stereocenters. The molecule has 1 rings (SSSR count). The Balaban J connectivity index is 2.82. The summed E-state index contributed by atoms with van der Waals surface area (Å²) in [5.41, 5.74) is 6.71. The van der Waals surface area contributed by atoms with Crippen molar-refractivity contribution in [2.75, 3.05) is 13.2 Å². The highest BCUT2D eigenvalue weighted by molar-refractivity contribution is 5.28. The van der Waals surface area contributed by atoms with E-state index in [1.54, 1.807) is 6.20 Å². The van der Waals surface area contributed by atoms with Crippen molar-refractivity contribution >= 4 is 0 Å². The van der Waals surface area contributed by atoms with Crippen molar-refractivity contribution in [2.24, 2.45) is 5.73 Å². The molecule has 0 aromatic carbocycles. The van der Waals surface area contributed by atoms with Gasteiger partial charge in [0.05, 0.1) is 6.61 Å². The Hall–Kier alpha value is -1.13. The van der Waals surface area contributed by atoms with E-state index in [4.69, 9.17) is 15.6 Å². The smallest absolute Gasteiger partial charge is 0.218 e. The summed E-state index contributed by atoms with van der Waals surface area (Å²) in [6.07, 6.45) is 2.19. The average Bonchev–Trinajstić information content (AvgIpc) is 2.19. The van der Waals surface area contributed by atoms with Crippen LogP contribution >= 0.6 is 0 Å². The lowest BCUT2D eigenvalue weighted by atomic mass is 10.1. The highest BCUT2D eigenvalue weighted by atomic mass is 16.5. The maximum atomic E-state index is 8.78. The molecular weight excluding hydrogens is 180 g/mol. The van der Waals surface area contributed by atoms with Crippen LogP contribution < -0.4 is 10.5 Å². The summed E-state index contributed by atoms with van der Waals surface area (Å²) in [6.45, 7) is 2.54. The van der Waals surface area contributed by atoms with Crippen LogP contribution in [0.25, 0.3) is 0 Å². The summed E-state index contributed by atoms with van der Waals surface area (Å²) >= 11 is 0. The standard InChI is InChI=1S/C10H16N2O2/c1-2-14-10-8(4-3-6-12-10)9(11)5-7-13/h3-4,6,9,13H,2,5,7,11H2,1H3. The molecule has 1 heterocycles. The Morgan fingerprint density at radius 1 is 1.64 bits per heavy atom. The van der Waals surface area contributed by atoms with Gasteiger partial charge in [-0.2, -0.15) is 0 Å². The third kappa shape index (κ3) is 2.68. The van der Waals surface area contributed by atoms with Gasteiger partial charge in [0.25, 0.3) is 0 Å². The normalized spacial score (nSPS) is 12.5. The number of nitrogens with two attached hydrogens (primary N) is 1. The fourth-order valence-corrected chi connectivity index (χ4v) is 1.24. The Morgan fingerprint density at radius 3 is 3.07 bits per heavy atom. The van der Waals surface area contributed by atoms with E-state index in [0.717, 1.165) is 5.56 Å². The average molecular weight is 196 g/mol. The number of nitrogens with zero attached hydrogens (tertiary/aromatic N) is 1. The largest absolute Gasteiger partial charge is 0.478 e. The van der Waals surface area contributed by atoms with E-state index in [9.17, 15) is 0 Å². The lowest BCUT2D eigenvalue weighted by Gasteiger charge is -2.13. The number of aliphatic hydroxyl groups is 1. The fraction of sp³-hybridized carbons (Fsp3) is 0.500. The van der Waals surface area contributed by atoms with E-state index in [-0.39, 0.29) is 12.6 Å². The first-order valence-electron chi connectivity index (χ1n) is 4.73. The van der Waals surface area contributed by atoms with Crippen molar-refractivity contribution in [3.8, 4) is 5.88 Å². The Morgan fingerprint density at radius 2 is 2.43 bits per heavy atom. The minimum atomic E-state index is -0.213. The molecule has 1 unspecified atom stereocenters. The van der Waals surface area contributed by atoms with Gasteiger partial charge in [0, 0.05) is 24.4 Å². The second-order valence-electron chi connectivity index (χ2n) is 2.95. The number of rotatable bonds is 5. The Bertz CT molecular complexity index is 279. The van der Waals surface area contributed by atoms with Crippen LogP contribution in [-0.2, 0) is 0 Å². The summed E-state index contributed by atoms with van der Waals surface area (Å²) in [5.74, 6) is 0.566. The third-order valence-corrected chi connectivity index (χ3v) is 1.92. The van der Waals surface area contributed by atoms with Crippen molar-refractivity contribution < 1.29 is 9.84 Å². The molecule has 0 aliphatic heterocycles. The minimum absolute atomic E-state index is 0.0711. The molecule has 0 fully saturated rings. The molecule has 0 aliphatic carbocycles. The molecule has 0 bridgehead atoms. The van der Waals surface area contributed by atoms with Gasteiger partial charge < -0.3 is 15.6 Å². The van der Waals surface area contributed by atoms with Gasteiger partial charge in [0.1, 0.15) is 0 Å². The molecule has 0 radical (unpaired) electrons. The molecule has 14 heavy (non-hydrogen) atoms. The van der Waals surface area contributed by atoms with Crippen LogP contribution in [0.4, 0.5) is 0 Å². The zero-order valence-corrected chi connectivity index (χ0v) is 8.31. The predicted molar refractivity (Wildman–Crippen MR) is 54.0 cm³/mol. The van der Waals surface area contributed by atoms with Gasteiger partial charge in [-0.15, -0.1) is 0 Å². The summed E-state index contributed by atoms with van der Waals surface area (Å²) in [5, 5.41) is 8.78. The van der Waals surface area contributed by atoms with Crippen molar-refractivity contribution in [2.45, 2.75) is 19.4 Å². The summed E-state index contributed by atoms with van der Waals surface area (Å²) in [6, 6.07) is 3.48. The molecule has 1 aromatic heterocycles. The molecule has 4 nitrogen and oxygen atoms in total. The lowest BCUT2D eigenvalue weighted by Crippen LogP contribution is -2.14. The van der Waals surface area contributed by atoms with Gasteiger partial charge >= 0.3 is 0 Å². The number of ether oxygens (including phenoxy) is 1. The van der Waals surface area contributed by atoms with Crippen LogP contribution in [0.15, 0.2) is 18.3 Å². The summed E-state index contributed by atoms with van der Waals surface area (Å²) in [7, 11) is 0. The van der Waals surface area contributed by atoms with E-state index in [2.05, 4.69) is 4.98 Å². The Kier molecular flexibility index (Phi) is 4.35. The van der Waals surface area contributed by atoms with Crippen molar-refractivity contribution in [3.05, 3.63) is 23.9 Å². The van der Waals surface area contributed by atoms with Crippen LogP contribution in [0, 0.1) is 0 Å². The predicted octanol–water partition coefficient (Wildman–Crippen LogP) is 0.863.